The van der Waals surface area contributed by atoms with E-state index >= 15 is 0 Å². The molecule has 0 spiro atoms. The number of rotatable bonds is 10. The summed E-state index contributed by atoms with van der Waals surface area (Å²) in [6.45, 7) is 0. The van der Waals surface area contributed by atoms with E-state index < -0.39 is 23.9 Å². The molecule has 0 unspecified atom stereocenters. The molecule has 0 bridgehead atoms. The smallest absolute Gasteiger partial charge is 0.337 e. The highest BCUT2D eigenvalue weighted by Crippen LogP contribution is 2.45. The van der Waals surface area contributed by atoms with Crippen molar-refractivity contribution in [2.75, 3.05) is 0 Å². The summed E-state index contributed by atoms with van der Waals surface area (Å²) in [6.07, 6.45) is 0. The summed E-state index contributed by atoms with van der Waals surface area (Å²) in [6, 6.07) is 58.8. The zero-order chi connectivity index (χ0) is 42.2. The average Bonchev–Trinajstić information content (AvgIpc) is 3.29. The molecule has 0 atom stereocenters. The summed E-state index contributed by atoms with van der Waals surface area (Å²) < 4.78 is 0. The fourth-order valence-corrected chi connectivity index (χ4v) is 7.43. The van der Waals surface area contributed by atoms with Crippen LogP contribution in [0.3, 0.4) is 0 Å². The van der Waals surface area contributed by atoms with E-state index in [-0.39, 0.29) is 33.2 Å². The van der Waals surface area contributed by atoms with Crippen molar-refractivity contribution in [2.45, 2.75) is 0 Å². The first-order chi connectivity index (χ1) is 29.2. The van der Waals surface area contributed by atoms with Crippen LogP contribution in [0.25, 0.3) is 66.8 Å². The lowest BCUT2D eigenvalue weighted by Crippen LogP contribution is -2.12. The molecule has 62 heavy (non-hydrogen) atoms. The van der Waals surface area contributed by atoms with Crippen LogP contribution in [0.2, 0.25) is 0 Å². The van der Waals surface area contributed by atoms with E-state index in [4.69, 9.17) is 0 Å². The Morgan fingerprint density at radius 3 is 0.694 bits per heavy atom. The maximum atomic E-state index is 12.3. The Hall–Kier alpha value is -8.44. The molecule has 0 amide bonds. The standard InChI is InChI=1S/2C26H18O4.2H2O/c2*27-25(28)21-16-20(17-10-4-1-5-11-17)22(18-12-6-2-7-13-18)23(24(21)26(29)30)19-14-8-3-9-15-19;;/h2*1-16H,(H,27,28)(H,29,30);2*1H2. The van der Waals surface area contributed by atoms with Crippen LogP contribution in [-0.4, -0.2) is 55.3 Å². The maximum absolute atomic E-state index is 12.3. The predicted octanol–water partition coefficient (Wildman–Crippen LogP) is 10.5. The van der Waals surface area contributed by atoms with E-state index in [2.05, 4.69) is 0 Å². The van der Waals surface area contributed by atoms with E-state index in [9.17, 15) is 39.6 Å². The monoisotopic (exact) mass is 824 g/mol. The number of hydrogen-bond acceptors (Lipinski definition) is 4. The molecule has 0 aromatic heterocycles. The Morgan fingerprint density at radius 2 is 0.484 bits per heavy atom. The van der Waals surface area contributed by atoms with Crippen molar-refractivity contribution in [1.29, 1.82) is 0 Å². The fraction of sp³-hybridized carbons (Fsp3) is 0. The molecule has 0 heterocycles. The molecular weight excluding hydrogens is 785 g/mol. The van der Waals surface area contributed by atoms with Gasteiger partial charge in [-0.25, -0.2) is 19.2 Å². The molecule has 0 aliphatic heterocycles. The second kappa shape index (κ2) is 20.0. The molecule has 10 heteroatoms. The van der Waals surface area contributed by atoms with E-state index in [0.29, 0.717) is 44.5 Å². The lowest BCUT2D eigenvalue weighted by molar-refractivity contribution is 0.0652. The highest BCUT2D eigenvalue weighted by molar-refractivity contribution is 6.14. The van der Waals surface area contributed by atoms with Crippen LogP contribution in [0.5, 0.6) is 0 Å². The van der Waals surface area contributed by atoms with Crippen molar-refractivity contribution in [3.05, 3.63) is 216 Å². The van der Waals surface area contributed by atoms with E-state index in [1.54, 1.807) is 24.3 Å². The van der Waals surface area contributed by atoms with Gasteiger partial charge in [-0.3, -0.25) is 0 Å². The Morgan fingerprint density at radius 1 is 0.274 bits per heavy atom. The lowest BCUT2D eigenvalue weighted by Gasteiger charge is -2.20. The fourth-order valence-electron chi connectivity index (χ4n) is 7.43. The van der Waals surface area contributed by atoms with Crippen LogP contribution in [0.4, 0.5) is 0 Å². The molecule has 0 fully saturated rings. The molecule has 8 aromatic rings. The van der Waals surface area contributed by atoms with Gasteiger partial charge in [0.2, 0.25) is 0 Å². The summed E-state index contributed by atoms with van der Waals surface area (Å²) in [4.78, 5) is 48.7. The zero-order valence-electron chi connectivity index (χ0n) is 32.9. The number of aromatic carboxylic acids is 4. The minimum absolute atomic E-state index is 0. The van der Waals surface area contributed by atoms with Crippen molar-refractivity contribution in [3.63, 3.8) is 0 Å². The van der Waals surface area contributed by atoms with Gasteiger partial charge in [0.15, 0.2) is 0 Å². The molecular formula is C52H40O10. The van der Waals surface area contributed by atoms with E-state index in [1.807, 2.05) is 158 Å². The Labute approximate surface area is 356 Å². The van der Waals surface area contributed by atoms with Crippen molar-refractivity contribution in [1.82, 2.24) is 0 Å². The molecule has 0 radical (unpaired) electrons. The normalized spacial score (nSPS) is 10.2. The molecule has 0 saturated carbocycles. The van der Waals surface area contributed by atoms with Crippen LogP contribution in [-0.2, 0) is 0 Å². The van der Waals surface area contributed by atoms with Crippen LogP contribution >= 0.6 is 0 Å². The van der Waals surface area contributed by atoms with Crippen molar-refractivity contribution >= 4 is 23.9 Å². The maximum Gasteiger partial charge on any atom is 0.337 e. The Balaban J connectivity index is 0.000000227. The molecule has 0 aliphatic carbocycles. The van der Waals surface area contributed by atoms with E-state index in [0.717, 1.165) is 22.3 Å². The van der Waals surface area contributed by atoms with Gasteiger partial charge in [-0.1, -0.05) is 182 Å². The van der Waals surface area contributed by atoms with Gasteiger partial charge >= 0.3 is 23.9 Å². The number of benzene rings is 8. The minimum atomic E-state index is -1.28. The van der Waals surface area contributed by atoms with Gasteiger partial charge in [-0.2, -0.15) is 0 Å². The highest BCUT2D eigenvalue weighted by atomic mass is 16.4. The topological polar surface area (TPSA) is 212 Å². The molecule has 8 N–H and O–H groups in total. The summed E-state index contributed by atoms with van der Waals surface area (Å²) in [7, 11) is 0. The SMILES string of the molecule is O.O.O=C(O)c1cc(-c2ccccc2)c(-c2ccccc2)c(-c2ccccc2)c1C(=O)O.O=C(O)c1cc(-c2ccccc2)c(-c2ccccc2)c(-c2ccccc2)c1C(=O)O. The third-order valence-electron chi connectivity index (χ3n) is 9.96. The van der Waals surface area contributed by atoms with Gasteiger partial charge in [0.1, 0.15) is 0 Å². The number of carbonyl (C=O) groups is 4. The molecule has 0 aliphatic rings. The zero-order valence-corrected chi connectivity index (χ0v) is 32.9. The van der Waals surface area contributed by atoms with Gasteiger partial charge in [0.05, 0.1) is 22.3 Å². The summed E-state index contributed by atoms with van der Waals surface area (Å²) >= 11 is 0. The van der Waals surface area contributed by atoms with Crippen LogP contribution in [0, 0.1) is 0 Å². The molecule has 10 nitrogen and oxygen atoms in total. The molecule has 0 saturated heterocycles. The van der Waals surface area contributed by atoms with Gasteiger partial charge in [0, 0.05) is 11.1 Å². The van der Waals surface area contributed by atoms with Gasteiger partial charge in [-0.15, -0.1) is 0 Å². The van der Waals surface area contributed by atoms with Crippen LogP contribution < -0.4 is 0 Å². The molecule has 308 valence electrons. The average molecular weight is 825 g/mol. The van der Waals surface area contributed by atoms with Gasteiger partial charge < -0.3 is 31.4 Å². The first-order valence-electron chi connectivity index (χ1n) is 18.8. The second-order valence-electron chi connectivity index (χ2n) is 13.6. The number of carboxylic acids is 4. The molecule has 8 aromatic carbocycles. The van der Waals surface area contributed by atoms with Crippen molar-refractivity contribution < 1.29 is 50.6 Å². The van der Waals surface area contributed by atoms with Crippen molar-refractivity contribution in [2.24, 2.45) is 0 Å². The summed E-state index contributed by atoms with van der Waals surface area (Å²) in [5.41, 5.74) is 7.16. The van der Waals surface area contributed by atoms with E-state index in [1.165, 1.54) is 12.1 Å². The summed E-state index contributed by atoms with van der Waals surface area (Å²) in [5.74, 6) is -5.10. The Kier molecular flexibility index (Phi) is 14.4. The minimum Gasteiger partial charge on any atom is -0.478 e. The van der Waals surface area contributed by atoms with Crippen molar-refractivity contribution in [3.8, 4) is 66.8 Å². The quantitative estimate of drug-likeness (QED) is 0.104. The summed E-state index contributed by atoms with van der Waals surface area (Å²) in [5, 5.41) is 39.8. The Bertz CT molecular complexity index is 2630. The van der Waals surface area contributed by atoms with Gasteiger partial charge in [-0.05, 0) is 67.8 Å². The second-order valence-corrected chi connectivity index (χ2v) is 13.6. The van der Waals surface area contributed by atoms with Crippen LogP contribution in [0.1, 0.15) is 41.4 Å². The number of hydrogen-bond donors (Lipinski definition) is 4. The third-order valence-corrected chi connectivity index (χ3v) is 9.96. The number of carboxylic acid groups (broad SMARTS) is 4. The first-order valence-corrected chi connectivity index (χ1v) is 18.8. The predicted molar refractivity (Wildman–Crippen MR) is 241 cm³/mol. The van der Waals surface area contributed by atoms with Crippen LogP contribution in [0.15, 0.2) is 194 Å². The third kappa shape index (κ3) is 9.22. The van der Waals surface area contributed by atoms with Gasteiger partial charge in [0.25, 0.3) is 0 Å². The molecule has 8 rings (SSSR count). The lowest BCUT2D eigenvalue weighted by atomic mass is 9.82. The first kappa shape index (κ1) is 44.7. The highest BCUT2D eigenvalue weighted by Gasteiger charge is 2.29. The largest absolute Gasteiger partial charge is 0.478 e.